The van der Waals surface area contributed by atoms with Crippen molar-refractivity contribution >= 4 is 17.0 Å². The summed E-state index contributed by atoms with van der Waals surface area (Å²) in [5, 5.41) is 1.97. The maximum absolute atomic E-state index is 5.64. The number of hydrogen-bond acceptors (Lipinski definition) is 4. The molecule has 0 unspecified atom stereocenters. The summed E-state index contributed by atoms with van der Waals surface area (Å²) in [4.78, 5) is 6.09. The van der Waals surface area contributed by atoms with Gasteiger partial charge < -0.3 is 10.6 Å². The third-order valence-electron chi connectivity index (χ3n) is 1.26. The van der Waals surface area contributed by atoms with E-state index in [1.807, 2.05) is 18.4 Å². The molecule has 1 aromatic rings. The molecule has 0 saturated carbocycles. The smallest absolute Gasteiger partial charge is 0.0654 e. The second-order valence-corrected chi connectivity index (χ2v) is 3.05. The highest BCUT2D eigenvalue weighted by Crippen LogP contribution is 2.17. The molecule has 1 heterocycles. The minimum atomic E-state index is 0.672. The number of hydroxylamine groups is 1. The monoisotopic (exact) mass is 172 g/mol. The Hall–Kier alpha value is -0.580. The van der Waals surface area contributed by atoms with Crippen LogP contribution in [0.15, 0.2) is 11.4 Å². The summed E-state index contributed by atoms with van der Waals surface area (Å²) in [7, 11) is 0. The minimum absolute atomic E-state index is 0.672. The minimum Gasteiger partial charge on any atom is -0.398 e. The van der Waals surface area contributed by atoms with E-state index in [2.05, 4.69) is 5.48 Å². The molecule has 62 valence electrons. The summed E-state index contributed by atoms with van der Waals surface area (Å²) in [5.74, 6) is 0. The molecule has 11 heavy (non-hydrogen) atoms. The summed E-state index contributed by atoms with van der Waals surface area (Å²) >= 11 is 1.63. The Morgan fingerprint density at radius 3 is 3.09 bits per heavy atom. The summed E-state index contributed by atoms with van der Waals surface area (Å²) < 4.78 is 0. The average molecular weight is 172 g/mol. The normalized spacial score (nSPS) is 10.3. The number of hydrogen-bond donors (Lipinski definition) is 2. The van der Waals surface area contributed by atoms with E-state index in [1.165, 1.54) is 0 Å². The van der Waals surface area contributed by atoms with Gasteiger partial charge in [-0.15, -0.1) is 11.3 Å². The molecule has 4 heteroatoms. The summed E-state index contributed by atoms with van der Waals surface area (Å²) in [5.41, 5.74) is 9.28. The van der Waals surface area contributed by atoms with Crippen molar-refractivity contribution in [1.82, 2.24) is 5.48 Å². The highest BCUT2D eigenvalue weighted by molar-refractivity contribution is 7.10. The van der Waals surface area contributed by atoms with Crippen molar-refractivity contribution < 1.29 is 4.84 Å². The zero-order valence-electron chi connectivity index (χ0n) is 6.46. The van der Waals surface area contributed by atoms with Crippen LogP contribution in [0.3, 0.4) is 0 Å². The molecule has 0 spiro atoms. The van der Waals surface area contributed by atoms with Crippen LogP contribution in [-0.4, -0.2) is 6.61 Å². The van der Waals surface area contributed by atoms with Crippen molar-refractivity contribution in [2.45, 2.75) is 13.5 Å². The SMILES string of the molecule is CCONCc1sccc1N. The Morgan fingerprint density at radius 2 is 2.55 bits per heavy atom. The first-order valence-electron chi connectivity index (χ1n) is 3.51. The molecule has 1 aromatic heterocycles. The van der Waals surface area contributed by atoms with Crippen LogP contribution in [0.5, 0.6) is 0 Å². The maximum atomic E-state index is 5.64. The number of nitrogens with one attached hydrogen (secondary N) is 1. The quantitative estimate of drug-likeness (QED) is 0.532. The van der Waals surface area contributed by atoms with Crippen molar-refractivity contribution in [2.24, 2.45) is 0 Å². The first kappa shape index (κ1) is 8.52. The molecule has 0 amide bonds. The molecule has 3 nitrogen and oxygen atoms in total. The van der Waals surface area contributed by atoms with Gasteiger partial charge in [0.05, 0.1) is 13.2 Å². The molecule has 0 aromatic carbocycles. The Balaban J connectivity index is 2.32. The van der Waals surface area contributed by atoms with Crippen LogP contribution in [0.4, 0.5) is 5.69 Å². The van der Waals surface area contributed by atoms with Crippen molar-refractivity contribution in [2.75, 3.05) is 12.3 Å². The predicted octanol–water partition coefficient (Wildman–Crippen LogP) is 1.37. The molecule has 0 radical (unpaired) electrons. The van der Waals surface area contributed by atoms with Gasteiger partial charge >= 0.3 is 0 Å². The van der Waals surface area contributed by atoms with Gasteiger partial charge in [-0.2, -0.15) is 5.48 Å². The van der Waals surface area contributed by atoms with Gasteiger partial charge in [-0.25, -0.2) is 0 Å². The third-order valence-corrected chi connectivity index (χ3v) is 2.20. The predicted molar refractivity (Wildman–Crippen MR) is 47.2 cm³/mol. The van der Waals surface area contributed by atoms with Crippen LogP contribution in [0.25, 0.3) is 0 Å². The molecular formula is C7H12N2OS. The topological polar surface area (TPSA) is 47.3 Å². The Morgan fingerprint density at radius 1 is 1.73 bits per heavy atom. The highest BCUT2D eigenvalue weighted by atomic mass is 32.1. The maximum Gasteiger partial charge on any atom is 0.0654 e. The zero-order valence-corrected chi connectivity index (χ0v) is 7.28. The van der Waals surface area contributed by atoms with Crippen LogP contribution in [0.2, 0.25) is 0 Å². The van der Waals surface area contributed by atoms with E-state index in [0.717, 1.165) is 10.6 Å². The Bertz CT molecular complexity index is 212. The first-order chi connectivity index (χ1) is 5.34. The lowest BCUT2D eigenvalue weighted by Gasteiger charge is -2.01. The molecule has 0 saturated heterocycles. The van der Waals surface area contributed by atoms with E-state index in [-0.39, 0.29) is 0 Å². The average Bonchev–Trinajstić information content (AvgIpc) is 2.37. The molecule has 0 aliphatic carbocycles. The van der Waals surface area contributed by atoms with E-state index >= 15 is 0 Å². The molecule has 0 fully saturated rings. The van der Waals surface area contributed by atoms with E-state index in [4.69, 9.17) is 10.6 Å². The van der Waals surface area contributed by atoms with E-state index in [9.17, 15) is 0 Å². The molecule has 0 bridgehead atoms. The van der Waals surface area contributed by atoms with Gasteiger partial charge in [-0.05, 0) is 18.4 Å². The number of anilines is 1. The molecule has 3 N–H and O–H groups in total. The second-order valence-electron chi connectivity index (χ2n) is 2.05. The molecule has 0 aliphatic rings. The number of thiophene rings is 1. The van der Waals surface area contributed by atoms with Crippen molar-refractivity contribution in [1.29, 1.82) is 0 Å². The van der Waals surface area contributed by atoms with E-state index in [0.29, 0.717) is 13.2 Å². The largest absolute Gasteiger partial charge is 0.398 e. The lowest BCUT2D eigenvalue weighted by molar-refractivity contribution is 0.0470. The molecular weight excluding hydrogens is 160 g/mol. The van der Waals surface area contributed by atoms with Crippen molar-refractivity contribution in [3.8, 4) is 0 Å². The number of rotatable bonds is 4. The fourth-order valence-corrected chi connectivity index (χ4v) is 1.44. The van der Waals surface area contributed by atoms with Gasteiger partial charge in [0.15, 0.2) is 0 Å². The standard InChI is InChI=1S/C7H12N2OS/c1-2-10-9-5-7-6(8)3-4-11-7/h3-4,9H,2,5,8H2,1H3. The van der Waals surface area contributed by atoms with Crippen molar-refractivity contribution in [3.05, 3.63) is 16.3 Å². The first-order valence-corrected chi connectivity index (χ1v) is 4.39. The highest BCUT2D eigenvalue weighted by Gasteiger charge is 1.98. The van der Waals surface area contributed by atoms with Gasteiger partial charge in [0.2, 0.25) is 0 Å². The Kier molecular flexibility index (Phi) is 3.35. The van der Waals surface area contributed by atoms with Gasteiger partial charge in [-0.3, -0.25) is 0 Å². The Labute approximate surface area is 70.1 Å². The van der Waals surface area contributed by atoms with Gasteiger partial charge in [-0.1, -0.05) is 0 Å². The summed E-state index contributed by atoms with van der Waals surface area (Å²) in [6.45, 7) is 3.30. The van der Waals surface area contributed by atoms with Gasteiger partial charge in [0.1, 0.15) is 0 Å². The number of nitrogens with two attached hydrogens (primary N) is 1. The second kappa shape index (κ2) is 4.33. The van der Waals surface area contributed by atoms with E-state index in [1.54, 1.807) is 11.3 Å². The fraction of sp³-hybridized carbons (Fsp3) is 0.429. The van der Waals surface area contributed by atoms with Crippen LogP contribution in [0.1, 0.15) is 11.8 Å². The van der Waals surface area contributed by atoms with Gasteiger partial charge in [0.25, 0.3) is 0 Å². The van der Waals surface area contributed by atoms with Crippen LogP contribution < -0.4 is 11.2 Å². The van der Waals surface area contributed by atoms with E-state index < -0.39 is 0 Å². The van der Waals surface area contributed by atoms with Crippen LogP contribution in [-0.2, 0) is 11.4 Å². The van der Waals surface area contributed by atoms with Gasteiger partial charge in [0, 0.05) is 10.6 Å². The fourth-order valence-electron chi connectivity index (χ4n) is 0.713. The lowest BCUT2D eigenvalue weighted by atomic mass is 10.4. The van der Waals surface area contributed by atoms with Crippen molar-refractivity contribution in [3.63, 3.8) is 0 Å². The molecule has 0 aliphatic heterocycles. The zero-order chi connectivity index (χ0) is 8.10. The summed E-state index contributed by atoms with van der Waals surface area (Å²) in [6, 6.07) is 1.90. The molecule has 1 rings (SSSR count). The van der Waals surface area contributed by atoms with Crippen LogP contribution in [0, 0.1) is 0 Å². The third kappa shape index (κ3) is 2.49. The number of nitrogen functional groups attached to an aromatic ring is 1. The van der Waals surface area contributed by atoms with Crippen LogP contribution >= 0.6 is 11.3 Å². The molecule has 0 atom stereocenters. The summed E-state index contributed by atoms with van der Waals surface area (Å²) in [6.07, 6.45) is 0. The lowest BCUT2D eigenvalue weighted by Crippen LogP contribution is -2.13.